The van der Waals surface area contributed by atoms with Gasteiger partial charge in [0.15, 0.2) is 0 Å². The van der Waals surface area contributed by atoms with Crippen molar-refractivity contribution in [1.82, 2.24) is 18.4 Å². The van der Waals surface area contributed by atoms with Crippen LogP contribution in [-0.2, 0) is 30.7 Å². The number of rotatable bonds is 5. The van der Waals surface area contributed by atoms with E-state index in [2.05, 4.69) is 4.98 Å². The average molecular weight is 436 g/mol. The second-order valence-corrected chi connectivity index (χ2v) is 8.96. The number of imidazole rings is 1. The summed E-state index contributed by atoms with van der Waals surface area (Å²) in [5, 5.41) is 0. The number of hydrogen-bond acceptors (Lipinski definition) is 5. The molecule has 2 aromatic heterocycles. The molecule has 2 aromatic carbocycles. The van der Waals surface area contributed by atoms with Crippen LogP contribution in [0.3, 0.4) is 0 Å². The minimum Gasteiger partial charge on any atom is -0.295 e. The van der Waals surface area contributed by atoms with Crippen molar-refractivity contribution in [2.24, 2.45) is 14.1 Å². The number of carbonyl (C=O) groups excluding carboxylic acids is 1. The van der Waals surface area contributed by atoms with Gasteiger partial charge in [0.2, 0.25) is 0 Å². The van der Waals surface area contributed by atoms with Crippen LogP contribution in [0.15, 0.2) is 82.7 Å². The highest BCUT2D eigenvalue weighted by Crippen LogP contribution is 2.24. The zero-order chi connectivity index (χ0) is 22.2. The number of carbonyl (C=O) groups is 1. The summed E-state index contributed by atoms with van der Waals surface area (Å²) in [6, 6.07) is 16.4. The van der Waals surface area contributed by atoms with Gasteiger partial charge < -0.3 is 0 Å². The van der Waals surface area contributed by atoms with Gasteiger partial charge in [-0.15, -0.1) is 0 Å². The first-order valence-corrected chi connectivity index (χ1v) is 10.9. The largest absolute Gasteiger partial charge is 0.328 e. The maximum atomic E-state index is 13.6. The van der Waals surface area contributed by atoms with Gasteiger partial charge in [-0.1, -0.05) is 30.3 Å². The van der Waals surface area contributed by atoms with Crippen LogP contribution >= 0.6 is 0 Å². The van der Waals surface area contributed by atoms with Crippen LogP contribution in [0.1, 0.15) is 15.9 Å². The summed E-state index contributed by atoms with van der Waals surface area (Å²) in [6.45, 7) is -0.136. The minimum atomic E-state index is -4.23. The number of aryl methyl sites for hydroxylation is 2. The Hall–Kier alpha value is -3.72. The molecule has 4 rings (SSSR count). The molecule has 0 atom stereocenters. The third-order valence-electron chi connectivity index (χ3n) is 5.14. The predicted molar refractivity (Wildman–Crippen MR) is 116 cm³/mol. The zero-order valence-corrected chi connectivity index (χ0v) is 17.8. The number of sulfonamides is 1. The zero-order valence-electron chi connectivity index (χ0n) is 17.0. The Morgan fingerprint density at radius 3 is 2.35 bits per heavy atom. The number of pyridine rings is 1. The Morgan fingerprint density at radius 2 is 1.68 bits per heavy atom. The monoisotopic (exact) mass is 436 g/mol. The molecule has 1 amide bonds. The van der Waals surface area contributed by atoms with Gasteiger partial charge >= 0.3 is 5.69 Å². The Morgan fingerprint density at radius 1 is 0.968 bits per heavy atom. The van der Waals surface area contributed by atoms with Crippen LogP contribution in [0.2, 0.25) is 0 Å². The molecule has 8 nitrogen and oxygen atoms in total. The fraction of sp³-hybridized carbons (Fsp3) is 0.136. The molecule has 0 spiro atoms. The molecule has 0 fully saturated rings. The summed E-state index contributed by atoms with van der Waals surface area (Å²) in [5.41, 5.74) is 1.62. The van der Waals surface area contributed by atoms with Gasteiger partial charge in [0, 0.05) is 26.5 Å². The number of nitrogens with zero attached hydrogens (tertiary/aromatic N) is 4. The second kappa shape index (κ2) is 7.84. The van der Waals surface area contributed by atoms with Gasteiger partial charge in [-0.05, 0) is 35.9 Å². The molecule has 0 radical (unpaired) electrons. The quantitative estimate of drug-likeness (QED) is 0.479. The van der Waals surface area contributed by atoms with Crippen molar-refractivity contribution in [2.75, 3.05) is 0 Å². The van der Waals surface area contributed by atoms with Crippen LogP contribution in [0, 0.1) is 0 Å². The molecule has 0 aliphatic rings. The number of amides is 1. The highest BCUT2D eigenvalue weighted by molar-refractivity contribution is 7.89. The fourth-order valence-electron chi connectivity index (χ4n) is 3.42. The maximum Gasteiger partial charge on any atom is 0.328 e. The summed E-state index contributed by atoms with van der Waals surface area (Å²) in [4.78, 5) is 29.3. The summed E-state index contributed by atoms with van der Waals surface area (Å²) in [5.74, 6) is -0.681. The molecule has 0 saturated heterocycles. The predicted octanol–water partition coefficient (Wildman–Crippen LogP) is 2.30. The fourth-order valence-corrected chi connectivity index (χ4v) is 4.82. The molecule has 2 heterocycles. The average Bonchev–Trinajstić information content (AvgIpc) is 3.02. The topological polar surface area (TPSA) is 94.3 Å². The molecule has 0 unspecified atom stereocenters. The van der Waals surface area contributed by atoms with Gasteiger partial charge in [-0.25, -0.2) is 17.5 Å². The summed E-state index contributed by atoms with van der Waals surface area (Å²) in [7, 11) is -1.04. The van der Waals surface area contributed by atoms with Gasteiger partial charge in [-0.2, -0.15) is 0 Å². The molecule has 0 bridgehead atoms. The summed E-state index contributed by atoms with van der Waals surface area (Å²) < 4.78 is 30.8. The summed E-state index contributed by atoms with van der Waals surface area (Å²) >= 11 is 0. The van der Waals surface area contributed by atoms with Crippen molar-refractivity contribution in [3.63, 3.8) is 0 Å². The van der Waals surface area contributed by atoms with Crippen LogP contribution < -0.4 is 5.69 Å². The van der Waals surface area contributed by atoms with E-state index in [-0.39, 0.29) is 22.7 Å². The lowest BCUT2D eigenvalue weighted by atomic mass is 10.2. The Kier molecular flexibility index (Phi) is 5.20. The first-order valence-electron chi connectivity index (χ1n) is 9.47. The Labute approximate surface area is 179 Å². The number of aromatic nitrogens is 3. The van der Waals surface area contributed by atoms with E-state index in [0.717, 1.165) is 4.31 Å². The van der Waals surface area contributed by atoms with E-state index < -0.39 is 15.9 Å². The molecular formula is C22H20N4O4S. The molecular weight excluding hydrogens is 416 g/mol. The molecule has 4 aromatic rings. The number of fused-ring (bicyclic) bond motifs is 1. The molecule has 31 heavy (non-hydrogen) atoms. The van der Waals surface area contributed by atoms with E-state index in [0.29, 0.717) is 16.6 Å². The van der Waals surface area contributed by atoms with Crippen molar-refractivity contribution >= 4 is 27.0 Å². The van der Waals surface area contributed by atoms with Crippen molar-refractivity contribution in [2.45, 2.75) is 11.4 Å². The Bertz CT molecular complexity index is 1430. The first kappa shape index (κ1) is 20.5. The van der Waals surface area contributed by atoms with Crippen molar-refractivity contribution in [3.05, 3.63) is 94.7 Å². The molecule has 158 valence electrons. The lowest BCUT2D eigenvalue weighted by Crippen LogP contribution is -2.36. The highest BCUT2D eigenvalue weighted by atomic mass is 32.2. The lowest BCUT2D eigenvalue weighted by molar-refractivity contribution is 0.0854. The van der Waals surface area contributed by atoms with Crippen LogP contribution in [0.4, 0.5) is 0 Å². The van der Waals surface area contributed by atoms with Gasteiger partial charge in [0.05, 0.1) is 28.0 Å². The lowest BCUT2D eigenvalue weighted by Gasteiger charge is -2.23. The van der Waals surface area contributed by atoms with Crippen molar-refractivity contribution < 1.29 is 13.2 Å². The molecule has 0 aliphatic carbocycles. The van der Waals surface area contributed by atoms with E-state index in [9.17, 15) is 18.0 Å². The van der Waals surface area contributed by atoms with Crippen molar-refractivity contribution in [3.8, 4) is 0 Å². The van der Waals surface area contributed by atoms with Gasteiger partial charge in [0.25, 0.3) is 15.9 Å². The number of hydrogen-bond donors (Lipinski definition) is 0. The van der Waals surface area contributed by atoms with Crippen molar-refractivity contribution in [1.29, 1.82) is 0 Å². The second-order valence-electron chi connectivity index (χ2n) is 7.10. The number of benzene rings is 2. The minimum absolute atomic E-state index is 0.0747. The van der Waals surface area contributed by atoms with Crippen LogP contribution in [0.25, 0.3) is 11.0 Å². The van der Waals surface area contributed by atoms with Gasteiger partial charge in [0.1, 0.15) is 0 Å². The molecule has 0 saturated carbocycles. The third-order valence-corrected chi connectivity index (χ3v) is 6.86. The standard InChI is InChI=1S/C22H20N4O4S/c1-24-19-11-10-18(13-20(19)25(2)22(24)28)31(29,30)26(15-16-7-4-3-5-8-16)21(27)17-9-6-12-23-14-17/h3-14H,15H2,1-2H3. The molecule has 9 heteroatoms. The molecule has 0 aliphatic heterocycles. The first-order chi connectivity index (χ1) is 14.8. The van der Waals surface area contributed by atoms with Crippen LogP contribution in [-0.4, -0.2) is 32.7 Å². The van der Waals surface area contributed by atoms with E-state index in [1.54, 1.807) is 50.5 Å². The highest BCUT2D eigenvalue weighted by Gasteiger charge is 2.31. The smallest absolute Gasteiger partial charge is 0.295 e. The van der Waals surface area contributed by atoms with E-state index in [4.69, 9.17) is 0 Å². The maximum absolute atomic E-state index is 13.6. The SMILES string of the molecule is Cn1c(=O)n(C)c2cc(S(=O)(=O)N(Cc3ccccc3)C(=O)c3cccnc3)ccc21. The molecule has 0 N–H and O–H groups in total. The summed E-state index contributed by atoms with van der Waals surface area (Å²) in [6.07, 6.45) is 2.84. The van der Waals surface area contributed by atoms with E-state index in [1.807, 2.05) is 6.07 Å². The van der Waals surface area contributed by atoms with E-state index >= 15 is 0 Å². The van der Waals surface area contributed by atoms with Gasteiger partial charge in [-0.3, -0.25) is 18.9 Å². The van der Waals surface area contributed by atoms with Crippen LogP contribution in [0.5, 0.6) is 0 Å². The Balaban J connectivity index is 1.85. The third kappa shape index (κ3) is 3.64. The normalized spacial score (nSPS) is 11.5. The van der Waals surface area contributed by atoms with E-state index in [1.165, 1.54) is 39.7 Å².